The third-order valence-corrected chi connectivity index (χ3v) is 6.68. The van der Waals surface area contributed by atoms with Crippen molar-refractivity contribution in [2.45, 2.75) is 23.8 Å². The maximum atomic E-state index is 12.8. The number of rotatable bonds is 3. The first-order valence-electron chi connectivity index (χ1n) is 8.48. The Morgan fingerprint density at radius 2 is 1.96 bits per heavy atom. The lowest BCUT2D eigenvalue weighted by molar-refractivity contribution is -0.142. The summed E-state index contributed by atoms with van der Waals surface area (Å²) < 4.78 is 37.4. The molecule has 140 valence electrons. The number of amides is 1. The van der Waals surface area contributed by atoms with Crippen LogP contribution in [0.25, 0.3) is 11.1 Å². The minimum atomic E-state index is -3.71. The van der Waals surface area contributed by atoms with Gasteiger partial charge in [0.2, 0.25) is 10.0 Å². The fourth-order valence-corrected chi connectivity index (χ4v) is 4.81. The molecule has 1 unspecified atom stereocenters. The molecule has 2 fully saturated rings. The number of aromatic amines is 1. The summed E-state index contributed by atoms with van der Waals surface area (Å²) in [6.45, 7) is 1.72. The van der Waals surface area contributed by atoms with E-state index in [0.29, 0.717) is 30.8 Å². The smallest absolute Gasteiger partial charge is 0.408 e. The van der Waals surface area contributed by atoms with Crippen LogP contribution in [0.15, 0.2) is 32.3 Å². The fraction of sp³-hybridized carbons (Fsp3) is 0.500. The van der Waals surface area contributed by atoms with Gasteiger partial charge < -0.3 is 14.1 Å². The molecule has 2 saturated heterocycles. The Morgan fingerprint density at radius 3 is 2.65 bits per heavy atom. The van der Waals surface area contributed by atoms with Gasteiger partial charge in [0.25, 0.3) is 5.91 Å². The molecule has 1 N–H and O–H groups in total. The van der Waals surface area contributed by atoms with E-state index < -0.39 is 21.9 Å². The van der Waals surface area contributed by atoms with Gasteiger partial charge in [-0.2, -0.15) is 4.31 Å². The molecule has 1 aromatic carbocycles. The van der Waals surface area contributed by atoms with Crippen LogP contribution in [0.5, 0.6) is 0 Å². The van der Waals surface area contributed by atoms with E-state index in [1.54, 1.807) is 4.90 Å². The molecular weight excluding hydrogens is 362 g/mol. The van der Waals surface area contributed by atoms with Crippen LogP contribution in [0.4, 0.5) is 0 Å². The van der Waals surface area contributed by atoms with Gasteiger partial charge in [0.1, 0.15) is 6.10 Å². The van der Waals surface area contributed by atoms with Gasteiger partial charge in [-0.05, 0) is 31.0 Å². The molecule has 1 atom stereocenters. The number of fused-ring (bicyclic) bond motifs is 1. The highest BCUT2D eigenvalue weighted by Gasteiger charge is 2.34. The first kappa shape index (κ1) is 17.3. The second-order valence-corrected chi connectivity index (χ2v) is 8.34. The van der Waals surface area contributed by atoms with Gasteiger partial charge in [-0.1, -0.05) is 0 Å². The number of carbonyl (C=O) groups is 1. The molecule has 10 heteroatoms. The molecule has 0 radical (unpaired) electrons. The molecular formula is C16H19N3O6S. The highest BCUT2D eigenvalue weighted by molar-refractivity contribution is 7.89. The molecule has 2 aliphatic heterocycles. The summed E-state index contributed by atoms with van der Waals surface area (Å²) in [7, 11) is -3.71. The SMILES string of the molecule is O=C(C1CCCO1)N1CCN(S(=O)(=O)c2ccc3oc(=O)[nH]c3c2)CC1. The third-order valence-electron chi connectivity index (χ3n) is 4.78. The fourth-order valence-electron chi connectivity index (χ4n) is 3.37. The number of H-pyrrole nitrogens is 1. The molecule has 9 nitrogen and oxygen atoms in total. The number of hydrogen-bond donors (Lipinski definition) is 1. The molecule has 4 rings (SSSR count). The van der Waals surface area contributed by atoms with Gasteiger partial charge in [-0.25, -0.2) is 13.2 Å². The lowest BCUT2D eigenvalue weighted by Crippen LogP contribution is -2.52. The Kier molecular flexibility index (Phi) is 4.33. The number of oxazole rings is 1. The maximum absolute atomic E-state index is 12.8. The Labute approximate surface area is 149 Å². The van der Waals surface area contributed by atoms with E-state index in [4.69, 9.17) is 9.15 Å². The number of aromatic nitrogens is 1. The van der Waals surface area contributed by atoms with Gasteiger partial charge in [0.05, 0.1) is 10.4 Å². The van der Waals surface area contributed by atoms with Crippen molar-refractivity contribution in [2.75, 3.05) is 32.8 Å². The number of nitrogens with zero attached hydrogens (tertiary/aromatic N) is 2. The molecule has 2 aliphatic rings. The van der Waals surface area contributed by atoms with E-state index in [2.05, 4.69) is 4.98 Å². The van der Waals surface area contributed by atoms with Crippen molar-refractivity contribution in [1.29, 1.82) is 0 Å². The van der Waals surface area contributed by atoms with E-state index in [1.807, 2.05) is 0 Å². The topological polar surface area (TPSA) is 113 Å². The zero-order chi connectivity index (χ0) is 18.3. The molecule has 1 amide bonds. The molecule has 0 spiro atoms. The summed E-state index contributed by atoms with van der Waals surface area (Å²) in [5, 5.41) is 0. The number of piperazine rings is 1. The predicted octanol–water partition coefficient (Wildman–Crippen LogP) is 0.133. The molecule has 1 aromatic heterocycles. The number of ether oxygens (including phenoxy) is 1. The van der Waals surface area contributed by atoms with Gasteiger partial charge >= 0.3 is 5.76 Å². The standard InChI is InChI=1S/C16H19N3O6S/c20-15(14-2-1-9-24-14)18-5-7-19(8-6-18)26(22,23)11-3-4-13-12(10-11)17-16(21)25-13/h3-4,10,14H,1-2,5-9H2,(H,17,21). The zero-order valence-electron chi connectivity index (χ0n) is 14.0. The molecule has 3 heterocycles. The van der Waals surface area contributed by atoms with Crippen molar-refractivity contribution in [3.8, 4) is 0 Å². The summed E-state index contributed by atoms with van der Waals surface area (Å²) in [5.74, 6) is -0.687. The normalized spacial score (nSPS) is 22.2. The van der Waals surface area contributed by atoms with Crippen molar-refractivity contribution < 1.29 is 22.4 Å². The van der Waals surface area contributed by atoms with Crippen molar-refractivity contribution >= 4 is 27.0 Å². The lowest BCUT2D eigenvalue weighted by atomic mass is 10.2. The number of hydrogen-bond acceptors (Lipinski definition) is 6. The first-order chi connectivity index (χ1) is 12.4. The molecule has 0 saturated carbocycles. The number of carbonyl (C=O) groups excluding carboxylic acids is 1. The van der Waals surface area contributed by atoms with Crippen LogP contribution < -0.4 is 5.76 Å². The lowest BCUT2D eigenvalue weighted by Gasteiger charge is -2.35. The van der Waals surface area contributed by atoms with E-state index >= 15 is 0 Å². The van der Waals surface area contributed by atoms with E-state index in [0.717, 1.165) is 12.8 Å². The van der Waals surface area contributed by atoms with E-state index in [-0.39, 0.29) is 23.9 Å². The van der Waals surface area contributed by atoms with Crippen LogP contribution in [0.3, 0.4) is 0 Å². The Bertz CT molecular complexity index is 981. The van der Waals surface area contributed by atoms with Crippen LogP contribution in [-0.4, -0.2) is 67.4 Å². The van der Waals surface area contributed by atoms with Crippen LogP contribution in [0, 0.1) is 0 Å². The third kappa shape index (κ3) is 3.04. The molecule has 0 bridgehead atoms. The van der Waals surface area contributed by atoms with Crippen LogP contribution >= 0.6 is 0 Å². The second kappa shape index (κ2) is 6.53. The minimum Gasteiger partial charge on any atom is -0.408 e. The van der Waals surface area contributed by atoms with Crippen LogP contribution in [0.2, 0.25) is 0 Å². The Hall–Kier alpha value is -2.17. The zero-order valence-corrected chi connectivity index (χ0v) is 14.8. The summed E-state index contributed by atoms with van der Waals surface area (Å²) in [6, 6.07) is 4.26. The van der Waals surface area contributed by atoms with Gasteiger partial charge in [-0.15, -0.1) is 0 Å². The Balaban J connectivity index is 1.48. The quantitative estimate of drug-likeness (QED) is 0.809. The average molecular weight is 381 g/mol. The highest BCUT2D eigenvalue weighted by atomic mass is 32.2. The number of benzene rings is 1. The van der Waals surface area contributed by atoms with E-state index in [9.17, 15) is 18.0 Å². The van der Waals surface area contributed by atoms with E-state index in [1.165, 1.54) is 22.5 Å². The van der Waals surface area contributed by atoms with Crippen LogP contribution in [0.1, 0.15) is 12.8 Å². The van der Waals surface area contributed by atoms with Crippen molar-refractivity contribution in [3.05, 3.63) is 28.7 Å². The Morgan fingerprint density at radius 1 is 1.19 bits per heavy atom. The first-order valence-corrected chi connectivity index (χ1v) is 9.92. The summed E-state index contributed by atoms with van der Waals surface area (Å²) in [5.41, 5.74) is 0.643. The largest absolute Gasteiger partial charge is 0.417 e. The monoisotopic (exact) mass is 381 g/mol. The predicted molar refractivity (Wildman–Crippen MR) is 91.1 cm³/mol. The van der Waals surface area contributed by atoms with Crippen molar-refractivity contribution in [2.24, 2.45) is 0 Å². The molecule has 0 aliphatic carbocycles. The van der Waals surface area contributed by atoms with Gasteiger partial charge in [0.15, 0.2) is 5.58 Å². The number of nitrogens with one attached hydrogen (secondary N) is 1. The van der Waals surface area contributed by atoms with Crippen molar-refractivity contribution in [3.63, 3.8) is 0 Å². The molecule has 2 aromatic rings. The van der Waals surface area contributed by atoms with Crippen LogP contribution in [-0.2, 0) is 19.6 Å². The van der Waals surface area contributed by atoms with Gasteiger partial charge in [-0.3, -0.25) is 9.78 Å². The highest BCUT2D eigenvalue weighted by Crippen LogP contribution is 2.22. The second-order valence-electron chi connectivity index (χ2n) is 6.40. The molecule has 26 heavy (non-hydrogen) atoms. The van der Waals surface area contributed by atoms with Gasteiger partial charge in [0, 0.05) is 32.8 Å². The average Bonchev–Trinajstić information content (AvgIpc) is 3.29. The maximum Gasteiger partial charge on any atom is 0.417 e. The van der Waals surface area contributed by atoms with Crippen molar-refractivity contribution in [1.82, 2.24) is 14.2 Å². The summed E-state index contributed by atoms with van der Waals surface area (Å²) in [4.78, 5) is 27.8. The summed E-state index contributed by atoms with van der Waals surface area (Å²) in [6.07, 6.45) is 1.21. The summed E-state index contributed by atoms with van der Waals surface area (Å²) >= 11 is 0. The minimum absolute atomic E-state index is 0.0584. The number of sulfonamides is 1.